The van der Waals surface area contributed by atoms with Crippen molar-refractivity contribution < 1.29 is 29.7 Å². The Morgan fingerprint density at radius 1 is 0.724 bits per heavy atom. The van der Waals surface area contributed by atoms with Crippen LogP contribution in [0, 0.1) is 0 Å². The molecule has 0 bridgehead atoms. The molecule has 9 heteroatoms. The van der Waals surface area contributed by atoms with E-state index in [4.69, 9.17) is 10.2 Å². The molecule has 165 valence electrons. The zero-order valence-corrected chi connectivity index (χ0v) is 20.3. The average Bonchev–Trinajstić information content (AvgIpc) is 2.62. The topological polar surface area (TPSA) is 118 Å². The number of carbonyl (C=O) groups excluding carboxylic acids is 1. The van der Waals surface area contributed by atoms with Gasteiger partial charge in [0.1, 0.15) is 0 Å². The maximum atomic E-state index is 12.4. The number of amides is 1. The zero-order chi connectivity index (χ0) is 21.2. The third-order valence-corrected chi connectivity index (χ3v) is 4.62. The van der Waals surface area contributed by atoms with Crippen LogP contribution in [0.5, 0.6) is 0 Å². The van der Waals surface area contributed by atoms with Crippen LogP contribution >= 0.6 is 0 Å². The smallest absolute Gasteiger partial charge is 0.317 e. The van der Waals surface area contributed by atoms with Gasteiger partial charge in [-0.3, -0.25) is 19.3 Å². The van der Waals surface area contributed by atoms with Gasteiger partial charge in [-0.05, 0) is 6.42 Å². The summed E-state index contributed by atoms with van der Waals surface area (Å²) >= 11 is 0. The summed E-state index contributed by atoms with van der Waals surface area (Å²) in [6, 6.07) is 0. The molecule has 0 fully saturated rings. The van der Waals surface area contributed by atoms with Crippen molar-refractivity contribution in [1.29, 1.82) is 0 Å². The van der Waals surface area contributed by atoms with Crippen molar-refractivity contribution in [3.05, 3.63) is 0 Å². The predicted molar refractivity (Wildman–Crippen MR) is 113 cm³/mol. The van der Waals surface area contributed by atoms with Crippen LogP contribution in [0.2, 0.25) is 0 Å². The molecule has 8 nitrogen and oxygen atoms in total. The molecule has 0 aromatic heterocycles. The number of rotatable bonds is 19. The normalized spacial score (nSPS) is 10.6. The number of aliphatic hydroxyl groups is 1. The number of nitrogens with zero attached hydrogens (tertiary/aromatic N) is 2. The Morgan fingerprint density at radius 2 is 1.21 bits per heavy atom. The molecule has 0 aliphatic carbocycles. The Labute approximate surface area is 196 Å². The molecule has 0 aromatic rings. The molecule has 0 saturated heterocycles. The molecule has 0 aliphatic heterocycles. The van der Waals surface area contributed by atoms with Crippen molar-refractivity contribution >= 4 is 47.4 Å². The first-order chi connectivity index (χ1) is 13.4. The number of carboxylic acids is 2. The van der Waals surface area contributed by atoms with Crippen LogP contribution < -0.4 is 0 Å². The van der Waals surface area contributed by atoms with E-state index >= 15 is 0 Å². The maximum Gasteiger partial charge on any atom is 0.317 e. The summed E-state index contributed by atoms with van der Waals surface area (Å²) in [5.74, 6) is -2.31. The average molecular weight is 426 g/mol. The van der Waals surface area contributed by atoms with Gasteiger partial charge in [-0.2, -0.15) is 0 Å². The summed E-state index contributed by atoms with van der Waals surface area (Å²) in [6.07, 6.45) is 10.9. The number of aliphatic carboxylic acids is 2. The number of unbranched alkanes of at least 4 members (excludes halogenated alkanes) is 8. The molecule has 0 aromatic carbocycles. The molecular weight excluding hydrogens is 387 g/mol. The number of aliphatic hydroxyl groups excluding tert-OH is 1. The van der Waals surface area contributed by atoms with E-state index < -0.39 is 25.0 Å². The number of hydrogen-bond acceptors (Lipinski definition) is 5. The summed E-state index contributed by atoms with van der Waals surface area (Å²) < 4.78 is 0. The molecular formula is C20H38N2NaO6. The van der Waals surface area contributed by atoms with Crippen molar-refractivity contribution in [3.63, 3.8) is 0 Å². The molecule has 0 unspecified atom stereocenters. The standard InChI is InChI=1S/C20H38N2O6.Na/c1-2-3-4-5-6-7-8-9-10-11-18(24)22(14-15-23)13-12-21(16-19(25)26)17-20(27)28;/h23H,2-17H2,1H3,(H,25,26)(H,27,28);. The molecule has 1 radical (unpaired) electrons. The Bertz CT molecular complexity index is 435. The van der Waals surface area contributed by atoms with E-state index in [9.17, 15) is 19.5 Å². The van der Waals surface area contributed by atoms with Gasteiger partial charge in [-0.15, -0.1) is 0 Å². The molecule has 29 heavy (non-hydrogen) atoms. The Hall–Kier alpha value is -0.670. The first-order valence-electron chi connectivity index (χ1n) is 10.4. The van der Waals surface area contributed by atoms with Gasteiger partial charge in [0.25, 0.3) is 0 Å². The number of carbonyl (C=O) groups is 3. The monoisotopic (exact) mass is 425 g/mol. The van der Waals surface area contributed by atoms with Gasteiger partial charge < -0.3 is 20.2 Å². The van der Waals surface area contributed by atoms with Crippen LogP contribution in [0.3, 0.4) is 0 Å². The van der Waals surface area contributed by atoms with Crippen LogP contribution in [0.1, 0.15) is 71.1 Å². The van der Waals surface area contributed by atoms with Crippen molar-refractivity contribution in [2.45, 2.75) is 71.1 Å². The Kier molecular flexibility index (Phi) is 21.7. The van der Waals surface area contributed by atoms with Crippen LogP contribution in [0.4, 0.5) is 0 Å². The molecule has 0 heterocycles. The van der Waals surface area contributed by atoms with Gasteiger partial charge in [0.15, 0.2) is 0 Å². The second-order valence-corrected chi connectivity index (χ2v) is 7.18. The molecule has 0 aliphatic rings. The minimum Gasteiger partial charge on any atom is -0.480 e. The van der Waals surface area contributed by atoms with E-state index in [1.54, 1.807) is 0 Å². The second-order valence-electron chi connectivity index (χ2n) is 7.18. The maximum absolute atomic E-state index is 12.4. The van der Waals surface area contributed by atoms with E-state index in [-0.39, 0.29) is 61.7 Å². The summed E-state index contributed by atoms with van der Waals surface area (Å²) in [7, 11) is 0. The molecule has 0 atom stereocenters. The van der Waals surface area contributed by atoms with Crippen LogP contribution in [-0.4, -0.2) is 112 Å². The van der Waals surface area contributed by atoms with Gasteiger partial charge in [0.05, 0.1) is 19.7 Å². The fourth-order valence-electron chi connectivity index (χ4n) is 3.09. The molecule has 0 rings (SSSR count). The predicted octanol–water partition coefficient (Wildman–Crippen LogP) is 1.82. The largest absolute Gasteiger partial charge is 0.480 e. The van der Waals surface area contributed by atoms with Crippen LogP contribution in [0.25, 0.3) is 0 Å². The van der Waals surface area contributed by atoms with Crippen molar-refractivity contribution in [1.82, 2.24) is 9.80 Å². The van der Waals surface area contributed by atoms with E-state index in [0.717, 1.165) is 19.3 Å². The zero-order valence-electron chi connectivity index (χ0n) is 18.3. The van der Waals surface area contributed by atoms with E-state index in [1.807, 2.05) is 0 Å². The van der Waals surface area contributed by atoms with Gasteiger partial charge >= 0.3 is 11.9 Å². The number of hydrogen-bond donors (Lipinski definition) is 3. The Morgan fingerprint density at radius 3 is 1.66 bits per heavy atom. The summed E-state index contributed by atoms with van der Waals surface area (Å²) in [4.78, 5) is 36.8. The van der Waals surface area contributed by atoms with Crippen molar-refractivity contribution in [3.8, 4) is 0 Å². The van der Waals surface area contributed by atoms with Crippen molar-refractivity contribution in [2.75, 3.05) is 39.3 Å². The summed E-state index contributed by atoms with van der Waals surface area (Å²) in [6.45, 7) is 1.75. The number of carboxylic acid groups (broad SMARTS) is 2. The first-order valence-corrected chi connectivity index (χ1v) is 10.4. The van der Waals surface area contributed by atoms with E-state index in [0.29, 0.717) is 6.42 Å². The van der Waals surface area contributed by atoms with Crippen LogP contribution in [0.15, 0.2) is 0 Å². The molecule has 0 spiro atoms. The van der Waals surface area contributed by atoms with Crippen LogP contribution in [-0.2, 0) is 14.4 Å². The quantitative estimate of drug-likeness (QED) is 0.213. The first kappa shape index (κ1) is 30.5. The van der Waals surface area contributed by atoms with Gasteiger partial charge in [-0.1, -0.05) is 58.3 Å². The minimum atomic E-state index is -1.11. The third-order valence-electron chi connectivity index (χ3n) is 4.62. The Balaban J connectivity index is 0. The van der Waals surface area contributed by atoms with Gasteiger partial charge in [0, 0.05) is 55.6 Å². The molecule has 1 amide bonds. The van der Waals surface area contributed by atoms with E-state index in [1.165, 1.54) is 48.3 Å². The summed E-state index contributed by atoms with van der Waals surface area (Å²) in [5, 5.41) is 26.9. The minimum absolute atomic E-state index is 0. The second kappa shape index (κ2) is 20.6. The van der Waals surface area contributed by atoms with E-state index in [2.05, 4.69) is 6.92 Å². The SMILES string of the molecule is CCCCCCCCCCCC(=O)N(CCO)CCN(CC(=O)O)CC(=O)O.[Na]. The fraction of sp³-hybridized carbons (Fsp3) is 0.850. The van der Waals surface area contributed by atoms with Gasteiger partial charge in [-0.25, -0.2) is 0 Å². The summed E-state index contributed by atoms with van der Waals surface area (Å²) in [5.41, 5.74) is 0. The van der Waals surface area contributed by atoms with Crippen molar-refractivity contribution in [2.24, 2.45) is 0 Å². The molecule has 3 N–H and O–H groups in total. The third kappa shape index (κ3) is 19.1. The fourth-order valence-corrected chi connectivity index (χ4v) is 3.09. The van der Waals surface area contributed by atoms with Gasteiger partial charge in [0.2, 0.25) is 5.91 Å². The molecule has 0 saturated carbocycles.